The Morgan fingerprint density at radius 3 is 2.46 bits per heavy atom. The van der Waals surface area contributed by atoms with E-state index in [4.69, 9.17) is 10.2 Å². The van der Waals surface area contributed by atoms with Gasteiger partial charge in [0, 0.05) is 11.8 Å². The van der Waals surface area contributed by atoms with Gasteiger partial charge in [0.25, 0.3) is 6.43 Å². The van der Waals surface area contributed by atoms with E-state index in [1.807, 2.05) is 0 Å². The number of halogens is 2. The molecule has 0 aliphatic heterocycles. The van der Waals surface area contributed by atoms with Crippen LogP contribution in [0.5, 0.6) is 0 Å². The van der Waals surface area contributed by atoms with Gasteiger partial charge in [0.2, 0.25) is 0 Å². The van der Waals surface area contributed by atoms with Crippen molar-refractivity contribution in [2.45, 2.75) is 12.5 Å². The van der Waals surface area contributed by atoms with Crippen molar-refractivity contribution in [2.75, 3.05) is 6.61 Å². The molecule has 3 nitrogen and oxygen atoms in total. The molecule has 2 N–H and O–H groups in total. The highest BCUT2D eigenvalue weighted by molar-refractivity contribution is 5.16. The van der Waals surface area contributed by atoms with Crippen molar-refractivity contribution in [3.8, 4) is 0 Å². The zero-order chi connectivity index (χ0) is 9.84. The Balaban J connectivity index is 2.81. The van der Waals surface area contributed by atoms with Crippen molar-refractivity contribution in [2.24, 2.45) is 0 Å². The van der Waals surface area contributed by atoms with Crippen molar-refractivity contribution in [3.63, 3.8) is 0 Å². The van der Waals surface area contributed by atoms with Crippen LogP contribution in [0.25, 0.3) is 0 Å². The van der Waals surface area contributed by atoms with Gasteiger partial charge in [-0.3, -0.25) is 4.98 Å². The van der Waals surface area contributed by atoms with Crippen molar-refractivity contribution < 1.29 is 19.0 Å². The van der Waals surface area contributed by atoms with Crippen molar-refractivity contribution in [3.05, 3.63) is 29.6 Å². The zero-order valence-corrected chi connectivity index (χ0v) is 6.69. The van der Waals surface area contributed by atoms with E-state index in [1.54, 1.807) is 0 Å². The molecule has 0 saturated carbocycles. The summed E-state index contributed by atoms with van der Waals surface area (Å²) in [6, 6.07) is 2.44. The molecule has 1 aromatic heterocycles. The second-order valence-corrected chi connectivity index (χ2v) is 2.52. The van der Waals surface area contributed by atoms with Crippen LogP contribution in [0.2, 0.25) is 0 Å². The van der Waals surface area contributed by atoms with Crippen LogP contribution in [0, 0.1) is 0 Å². The van der Waals surface area contributed by atoms with Gasteiger partial charge in [-0.15, -0.1) is 0 Å². The number of rotatable bonds is 3. The molecule has 0 unspecified atom stereocenters. The van der Waals surface area contributed by atoms with Gasteiger partial charge in [-0.05, 0) is 6.07 Å². The van der Waals surface area contributed by atoms with E-state index in [0.717, 1.165) is 12.3 Å². The molecule has 0 aromatic carbocycles. The van der Waals surface area contributed by atoms with Crippen LogP contribution in [0.4, 0.5) is 8.78 Å². The molecule has 0 radical (unpaired) electrons. The maximum atomic E-state index is 12.0. The number of alkyl halides is 2. The number of hydrogen-bond acceptors (Lipinski definition) is 3. The summed E-state index contributed by atoms with van der Waals surface area (Å²) in [5, 5.41) is 17.6. The number of nitrogens with zero attached hydrogens (tertiary/aromatic N) is 1. The van der Waals surface area contributed by atoms with Gasteiger partial charge < -0.3 is 10.2 Å². The monoisotopic (exact) mass is 189 g/mol. The fraction of sp³-hybridized carbons (Fsp3) is 0.375. The summed E-state index contributed by atoms with van der Waals surface area (Å²) < 4.78 is 24.0. The molecule has 0 aliphatic carbocycles. The molecule has 0 spiro atoms. The van der Waals surface area contributed by atoms with Gasteiger partial charge in [-0.2, -0.15) is 0 Å². The summed E-state index contributed by atoms with van der Waals surface area (Å²) in [6.45, 7) is -0.449. The summed E-state index contributed by atoms with van der Waals surface area (Å²) in [5.74, 6) is 0. The molecular weight excluding hydrogens is 180 g/mol. The highest BCUT2D eigenvalue weighted by atomic mass is 19.3. The topological polar surface area (TPSA) is 53.4 Å². The van der Waals surface area contributed by atoms with Gasteiger partial charge in [-0.1, -0.05) is 6.07 Å². The largest absolute Gasteiger partial charge is 0.393 e. The Morgan fingerprint density at radius 2 is 2.08 bits per heavy atom. The van der Waals surface area contributed by atoms with Crippen LogP contribution in [0.15, 0.2) is 18.3 Å². The van der Waals surface area contributed by atoms with Crippen LogP contribution < -0.4 is 0 Å². The lowest BCUT2D eigenvalue weighted by atomic mass is 10.1. The van der Waals surface area contributed by atoms with E-state index in [9.17, 15) is 8.78 Å². The predicted molar refractivity (Wildman–Crippen MR) is 41.2 cm³/mol. The minimum atomic E-state index is -2.61. The molecule has 0 amide bonds. The molecule has 72 valence electrons. The minimum absolute atomic E-state index is 0.326. The van der Waals surface area contributed by atoms with Crippen LogP contribution >= 0.6 is 0 Å². The Bertz CT molecular complexity index is 263. The summed E-state index contributed by atoms with van der Waals surface area (Å²) in [4.78, 5) is 3.43. The Morgan fingerprint density at radius 1 is 1.38 bits per heavy atom. The van der Waals surface area contributed by atoms with E-state index in [2.05, 4.69) is 4.98 Å². The minimum Gasteiger partial charge on any atom is -0.393 e. The Hall–Kier alpha value is -1.07. The normalized spacial score (nSPS) is 13.3. The molecule has 0 aliphatic rings. The lowest BCUT2D eigenvalue weighted by Crippen LogP contribution is -2.03. The molecule has 1 aromatic rings. The standard InChI is InChI=1S/C8H9F2NO2/c9-8(10)6-2-1-5(3-11-6)7(13)4-12/h1-3,7-8,12-13H,4H2/t7-/m0/s1. The van der Waals surface area contributed by atoms with E-state index < -0.39 is 19.1 Å². The third-order valence-electron chi connectivity index (χ3n) is 1.59. The van der Waals surface area contributed by atoms with Crippen LogP contribution in [-0.2, 0) is 0 Å². The van der Waals surface area contributed by atoms with Crippen molar-refractivity contribution >= 4 is 0 Å². The quantitative estimate of drug-likeness (QED) is 0.747. The molecule has 0 fully saturated rings. The number of pyridine rings is 1. The third-order valence-corrected chi connectivity index (χ3v) is 1.59. The molecule has 5 heteroatoms. The summed E-state index contributed by atoms with van der Waals surface area (Å²) in [6.07, 6.45) is -2.54. The Kier molecular flexibility index (Phi) is 3.27. The fourth-order valence-corrected chi connectivity index (χ4v) is 0.848. The summed E-state index contributed by atoms with van der Waals surface area (Å²) in [5.41, 5.74) is -0.0132. The van der Waals surface area contributed by atoms with E-state index >= 15 is 0 Å². The number of aliphatic hydroxyl groups excluding tert-OH is 2. The second-order valence-electron chi connectivity index (χ2n) is 2.52. The van der Waals surface area contributed by atoms with Gasteiger partial charge in [0.05, 0.1) is 6.61 Å². The third kappa shape index (κ3) is 2.43. The van der Waals surface area contributed by atoms with Crippen molar-refractivity contribution in [1.82, 2.24) is 4.98 Å². The highest BCUT2D eigenvalue weighted by Crippen LogP contribution is 2.18. The van der Waals surface area contributed by atoms with Crippen LogP contribution in [0.1, 0.15) is 23.8 Å². The average Bonchev–Trinajstić information content (AvgIpc) is 2.17. The fourth-order valence-electron chi connectivity index (χ4n) is 0.848. The molecule has 1 atom stereocenters. The van der Waals surface area contributed by atoms with E-state index in [0.29, 0.717) is 5.56 Å². The molecule has 1 rings (SSSR count). The lowest BCUT2D eigenvalue weighted by Gasteiger charge is -2.06. The van der Waals surface area contributed by atoms with Crippen LogP contribution in [0.3, 0.4) is 0 Å². The van der Waals surface area contributed by atoms with Crippen molar-refractivity contribution in [1.29, 1.82) is 0 Å². The first kappa shape index (κ1) is 10.0. The molecule has 0 saturated heterocycles. The summed E-state index contributed by atoms with van der Waals surface area (Å²) >= 11 is 0. The van der Waals surface area contributed by atoms with Gasteiger partial charge in [-0.25, -0.2) is 8.78 Å². The number of hydrogen-bond donors (Lipinski definition) is 2. The van der Waals surface area contributed by atoms with E-state index in [-0.39, 0.29) is 5.69 Å². The van der Waals surface area contributed by atoms with Crippen LogP contribution in [-0.4, -0.2) is 21.8 Å². The first-order valence-electron chi connectivity index (χ1n) is 3.68. The first-order valence-corrected chi connectivity index (χ1v) is 3.68. The summed E-state index contributed by atoms with van der Waals surface area (Å²) in [7, 11) is 0. The average molecular weight is 189 g/mol. The zero-order valence-electron chi connectivity index (χ0n) is 6.69. The number of aromatic nitrogens is 1. The maximum Gasteiger partial charge on any atom is 0.280 e. The molecule has 13 heavy (non-hydrogen) atoms. The molecule has 1 heterocycles. The predicted octanol–water partition coefficient (Wildman–Crippen LogP) is 1.04. The van der Waals surface area contributed by atoms with Gasteiger partial charge >= 0.3 is 0 Å². The van der Waals surface area contributed by atoms with Gasteiger partial charge in [0.15, 0.2) is 0 Å². The maximum absolute atomic E-state index is 12.0. The second kappa shape index (κ2) is 4.25. The van der Waals surface area contributed by atoms with E-state index in [1.165, 1.54) is 6.07 Å². The Labute approximate surface area is 73.7 Å². The first-order chi connectivity index (χ1) is 6.15. The smallest absolute Gasteiger partial charge is 0.280 e. The van der Waals surface area contributed by atoms with Gasteiger partial charge in [0.1, 0.15) is 11.8 Å². The molecule has 0 bridgehead atoms. The SMILES string of the molecule is OC[C@H](O)c1ccc(C(F)F)nc1. The molecular formula is C8H9F2NO2. The highest BCUT2D eigenvalue weighted by Gasteiger charge is 2.10. The lowest BCUT2D eigenvalue weighted by molar-refractivity contribution is 0.0950. The number of aliphatic hydroxyl groups is 2.